The minimum Gasteiger partial charge on any atom is -0.433 e. The summed E-state index contributed by atoms with van der Waals surface area (Å²) in [6.45, 7) is 4.07. The van der Waals surface area contributed by atoms with E-state index in [1.165, 1.54) is 0 Å². The van der Waals surface area contributed by atoms with Crippen molar-refractivity contribution >= 4 is 17.4 Å². The highest BCUT2D eigenvalue weighted by atomic mass is 35.5. The van der Waals surface area contributed by atoms with Crippen molar-refractivity contribution in [3.05, 3.63) is 75.4 Å². The summed E-state index contributed by atoms with van der Waals surface area (Å²) in [7, 11) is 0. The van der Waals surface area contributed by atoms with Crippen molar-refractivity contribution in [1.82, 2.24) is 20.5 Å². The lowest BCUT2D eigenvalue weighted by atomic mass is 10.0. The number of oxime groups is 1. The van der Waals surface area contributed by atoms with Crippen LogP contribution in [-0.4, -0.2) is 33.7 Å². The topological polar surface area (TPSA) is 81.5 Å². The van der Waals surface area contributed by atoms with E-state index >= 15 is 0 Å². The van der Waals surface area contributed by atoms with Gasteiger partial charge < -0.3 is 14.9 Å². The molecule has 0 spiro atoms. The minimum absolute atomic E-state index is 0.0521. The van der Waals surface area contributed by atoms with Gasteiger partial charge >= 0.3 is 0 Å². The number of rotatable bonds is 6. The molecule has 0 amide bonds. The summed E-state index contributed by atoms with van der Waals surface area (Å²) in [6.07, 6.45) is 2.60. The van der Waals surface area contributed by atoms with Crippen LogP contribution >= 0.6 is 11.6 Å². The second-order valence-corrected chi connectivity index (χ2v) is 8.83. The number of ether oxygens (including phenoxy) is 1. The zero-order valence-electron chi connectivity index (χ0n) is 18.3. The van der Waals surface area contributed by atoms with Gasteiger partial charge in [0.1, 0.15) is 12.4 Å². The molecule has 33 heavy (non-hydrogen) atoms. The molecule has 1 aliphatic heterocycles. The van der Waals surface area contributed by atoms with Gasteiger partial charge in [-0.2, -0.15) is 0 Å². The van der Waals surface area contributed by atoms with Crippen LogP contribution in [0.5, 0.6) is 11.6 Å². The Balaban J connectivity index is 1.39. The zero-order valence-corrected chi connectivity index (χ0v) is 19.1. The van der Waals surface area contributed by atoms with Crippen LogP contribution in [0.15, 0.2) is 41.6 Å². The van der Waals surface area contributed by atoms with Gasteiger partial charge in [0.15, 0.2) is 23.1 Å². The van der Waals surface area contributed by atoms with Crippen LogP contribution < -0.4 is 10.1 Å². The van der Waals surface area contributed by atoms with Crippen LogP contribution in [0.3, 0.4) is 0 Å². The van der Waals surface area contributed by atoms with E-state index < -0.39 is 0 Å². The van der Waals surface area contributed by atoms with Gasteiger partial charge in [0.05, 0.1) is 6.04 Å². The molecule has 1 unspecified atom stereocenters. The van der Waals surface area contributed by atoms with Crippen LogP contribution in [0.2, 0.25) is 5.02 Å². The highest BCUT2D eigenvalue weighted by Gasteiger charge is 2.29. The smallest absolute Gasteiger partial charge is 0.269 e. The Bertz CT molecular complexity index is 1230. The first-order valence-corrected chi connectivity index (χ1v) is 11.2. The zero-order chi connectivity index (χ0) is 22.9. The van der Waals surface area contributed by atoms with E-state index in [4.69, 9.17) is 21.2 Å². The van der Waals surface area contributed by atoms with E-state index in [2.05, 4.69) is 25.7 Å². The molecule has 2 aromatic carbocycles. The van der Waals surface area contributed by atoms with Crippen molar-refractivity contribution in [3.8, 4) is 11.6 Å². The van der Waals surface area contributed by atoms with Gasteiger partial charge in [-0.25, -0.2) is 9.37 Å². The SMILES string of the molecule is Cc1ccc(CC2CON=C(c3nc(C)nnc3Oc3cccc(C4CC4)c3F)N2)c(Cl)c1. The minimum atomic E-state index is -0.380. The quantitative estimate of drug-likeness (QED) is 0.558. The van der Waals surface area contributed by atoms with Gasteiger partial charge in [0.25, 0.3) is 5.88 Å². The lowest BCUT2D eigenvalue weighted by molar-refractivity contribution is 0.109. The third-order valence-electron chi connectivity index (χ3n) is 5.65. The Morgan fingerprint density at radius 2 is 2.03 bits per heavy atom. The van der Waals surface area contributed by atoms with Gasteiger partial charge in [0, 0.05) is 5.02 Å². The lowest BCUT2D eigenvalue weighted by Crippen LogP contribution is -2.44. The van der Waals surface area contributed by atoms with E-state index in [0.29, 0.717) is 41.0 Å². The lowest BCUT2D eigenvalue weighted by Gasteiger charge is -2.24. The molecule has 1 fully saturated rings. The number of aryl methyl sites for hydroxylation is 2. The Hall–Kier alpha value is -3.26. The highest BCUT2D eigenvalue weighted by molar-refractivity contribution is 6.31. The Labute approximate surface area is 196 Å². The molecule has 9 heteroatoms. The third-order valence-corrected chi connectivity index (χ3v) is 6.00. The molecule has 3 aromatic rings. The number of nitrogens with zero attached hydrogens (tertiary/aromatic N) is 4. The van der Waals surface area contributed by atoms with Crippen molar-refractivity contribution in [2.75, 3.05) is 6.61 Å². The molecule has 1 aliphatic carbocycles. The van der Waals surface area contributed by atoms with Crippen LogP contribution in [0.1, 0.15) is 47.0 Å². The number of amidine groups is 1. The van der Waals surface area contributed by atoms with Crippen molar-refractivity contribution in [3.63, 3.8) is 0 Å². The standard InChI is InChI=1S/C24H23ClFN5O2/c1-13-6-7-16(19(25)10-13)11-17-12-32-31-23(28-17)22-24(30-29-14(2)27-22)33-20-5-3-4-18(21(20)26)15-8-9-15/h3-7,10,15,17H,8-9,11-12H2,1-2H3,(H,28,31). The molecule has 1 atom stereocenters. The summed E-state index contributed by atoms with van der Waals surface area (Å²) in [5, 5.41) is 16.3. The fourth-order valence-corrected chi connectivity index (χ4v) is 4.11. The van der Waals surface area contributed by atoms with Crippen molar-refractivity contribution in [2.24, 2.45) is 5.16 Å². The molecule has 1 saturated carbocycles. The largest absolute Gasteiger partial charge is 0.433 e. The normalized spacial score (nSPS) is 17.7. The molecule has 2 heterocycles. The van der Waals surface area contributed by atoms with Crippen LogP contribution in [0.25, 0.3) is 0 Å². The predicted molar refractivity (Wildman–Crippen MR) is 122 cm³/mol. The second kappa shape index (κ2) is 8.94. The number of benzene rings is 2. The second-order valence-electron chi connectivity index (χ2n) is 8.42. The van der Waals surface area contributed by atoms with Crippen molar-refractivity contribution in [1.29, 1.82) is 0 Å². The maximum Gasteiger partial charge on any atom is 0.269 e. The summed E-state index contributed by atoms with van der Waals surface area (Å²) in [5.74, 6) is 0.786. The van der Waals surface area contributed by atoms with E-state index in [0.717, 1.165) is 24.0 Å². The molecule has 0 saturated heterocycles. The van der Waals surface area contributed by atoms with E-state index in [1.807, 2.05) is 25.1 Å². The number of nitrogens with one attached hydrogen (secondary N) is 1. The van der Waals surface area contributed by atoms with Crippen LogP contribution in [0.4, 0.5) is 4.39 Å². The molecule has 170 valence electrons. The van der Waals surface area contributed by atoms with Gasteiger partial charge in [-0.3, -0.25) is 0 Å². The summed E-state index contributed by atoms with van der Waals surface area (Å²) >= 11 is 6.41. The molecule has 1 aromatic heterocycles. The van der Waals surface area contributed by atoms with E-state index in [1.54, 1.807) is 25.1 Å². The molecule has 0 radical (unpaired) electrons. The maximum atomic E-state index is 15.0. The molecular weight excluding hydrogens is 445 g/mol. The average molecular weight is 468 g/mol. The van der Waals surface area contributed by atoms with Crippen molar-refractivity contribution < 1.29 is 14.0 Å². The number of halogens is 2. The Morgan fingerprint density at radius 3 is 2.82 bits per heavy atom. The van der Waals surface area contributed by atoms with Gasteiger partial charge in [0.2, 0.25) is 0 Å². The first-order valence-electron chi connectivity index (χ1n) is 10.9. The van der Waals surface area contributed by atoms with Crippen molar-refractivity contribution in [2.45, 2.75) is 45.1 Å². The summed E-state index contributed by atoms with van der Waals surface area (Å²) in [4.78, 5) is 9.92. The Kier molecular flexibility index (Phi) is 5.85. The van der Waals surface area contributed by atoms with Gasteiger partial charge in [-0.05, 0) is 67.9 Å². The molecule has 0 bridgehead atoms. The summed E-state index contributed by atoms with van der Waals surface area (Å²) in [5.41, 5.74) is 3.06. The molecule has 1 N–H and O–H groups in total. The van der Waals surface area contributed by atoms with E-state index in [-0.39, 0.29) is 29.4 Å². The first-order chi connectivity index (χ1) is 16.0. The Morgan fingerprint density at radius 1 is 1.18 bits per heavy atom. The van der Waals surface area contributed by atoms with Gasteiger partial charge in [-0.15, -0.1) is 10.2 Å². The summed E-state index contributed by atoms with van der Waals surface area (Å²) < 4.78 is 20.8. The number of aromatic nitrogens is 3. The number of hydrogen-bond acceptors (Lipinski definition) is 7. The van der Waals surface area contributed by atoms with E-state index in [9.17, 15) is 4.39 Å². The highest BCUT2D eigenvalue weighted by Crippen LogP contribution is 2.43. The first kappa shape index (κ1) is 21.6. The predicted octanol–water partition coefficient (Wildman–Crippen LogP) is 4.84. The monoisotopic (exact) mass is 467 g/mol. The van der Waals surface area contributed by atoms with Gasteiger partial charge in [-0.1, -0.05) is 41.0 Å². The molecule has 2 aliphatic rings. The average Bonchev–Trinajstić information content (AvgIpc) is 3.64. The maximum absolute atomic E-state index is 15.0. The molecule has 5 rings (SSSR count). The van der Waals surface area contributed by atoms with Crippen LogP contribution in [0, 0.1) is 19.7 Å². The fraction of sp³-hybridized carbons (Fsp3) is 0.333. The fourth-order valence-electron chi connectivity index (χ4n) is 3.80. The summed E-state index contributed by atoms with van der Waals surface area (Å²) in [6, 6.07) is 11.0. The third kappa shape index (κ3) is 4.75. The molecular formula is C24H23ClFN5O2. The number of hydrogen-bond donors (Lipinski definition) is 1. The molecule has 7 nitrogen and oxygen atoms in total. The van der Waals surface area contributed by atoms with Crippen LogP contribution in [-0.2, 0) is 11.3 Å².